The summed E-state index contributed by atoms with van der Waals surface area (Å²) in [7, 11) is 5.64. The Hall–Kier alpha value is -1.26. The van der Waals surface area contributed by atoms with E-state index in [0.29, 0.717) is 0 Å². The summed E-state index contributed by atoms with van der Waals surface area (Å²) in [4.78, 5) is 1.63. The smallest absolute Gasteiger partial charge is 0.131 e. The average molecular weight is 266 g/mol. The van der Waals surface area contributed by atoms with Crippen molar-refractivity contribution in [2.24, 2.45) is 0 Å². The van der Waals surface area contributed by atoms with Crippen molar-refractivity contribution in [3.05, 3.63) is 23.8 Å². The number of piperidine rings is 1. The van der Waals surface area contributed by atoms with Gasteiger partial charge in [-0.2, -0.15) is 0 Å². The first-order chi connectivity index (χ1) is 9.28. The number of rotatable bonds is 5. The van der Waals surface area contributed by atoms with Crippen LogP contribution < -0.4 is 19.7 Å². The zero-order valence-corrected chi connectivity index (χ0v) is 12.2. The highest BCUT2D eigenvalue weighted by Gasteiger charge is 2.25. The van der Waals surface area contributed by atoms with E-state index in [4.69, 9.17) is 9.47 Å². The molecule has 0 spiro atoms. The van der Waals surface area contributed by atoms with Gasteiger partial charge in [-0.3, -0.25) is 0 Å². The van der Waals surface area contributed by atoms with E-state index in [2.05, 4.69) is 12.4 Å². The molecule has 1 aromatic carbocycles. The van der Waals surface area contributed by atoms with Crippen LogP contribution in [0.25, 0.3) is 0 Å². The minimum Gasteiger partial charge on any atom is -0.496 e. The highest BCUT2D eigenvalue weighted by atomic mass is 16.5. The van der Waals surface area contributed by atoms with Crippen LogP contribution >= 0.6 is 0 Å². The standard InChI is InChI=1S/C15H24N2O2/c1-16-12-7-9-17(10-8-12)11-13-14(18-2)5-4-6-15(13)19-3/h4-6,12,16H,7-11H2,1-3H3/p+2. The molecule has 106 valence electrons. The molecule has 0 saturated carbocycles. The van der Waals surface area contributed by atoms with Crippen molar-refractivity contribution in [2.75, 3.05) is 34.4 Å². The molecule has 0 atom stereocenters. The number of hydrogen-bond donors (Lipinski definition) is 2. The maximum Gasteiger partial charge on any atom is 0.131 e. The highest BCUT2D eigenvalue weighted by molar-refractivity contribution is 5.44. The van der Waals surface area contributed by atoms with Crippen molar-refractivity contribution in [1.29, 1.82) is 0 Å². The number of hydrogen-bond acceptors (Lipinski definition) is 2. The molecular formula is C15H26N2O2+2. The molecule has 0 radical (unpaired) electrons. The Morgan fingerprint density at radius 1 is 1.16 bits per heavy atom. The topological polar surface area (TPSA) is 39.5 Å². The molecule has 4 nitrogen and oxygen atoms in total. The Balaban J connectivity index is 2.06. The van der Waals surface area contributed by atoms with Gasteiger partial charge in [0.25, 0.3) is 0 Å². The van der Waals surface area contributed by atoms with E-state index in [0.717, 1.165) is 24.1 Å². The molecule has 2 rings (SSSR count). The molecule has 4 heteroatoms. The maximum atomic E-state index is 5.47. The molecular weight excluding hydrogens is 240 g/mol. The second-order valence-electron chi connectivity index (χ2n) is 5.24. The molecule has 0 aromatic heterocycles. The lowest BCUT2D eigenvalue weighted by atomic mass is 10.0. The molecule has 0 amide bonds. The van der Waals surface area contributed by atoms with Crippen molar-refractivity contribution < 1.29 is 19.7 Å². The first-order valence-electron chi connectivity index (χ1n) is 7.11. The molecule has 3 N–H and O–H groups in total. The van der Waals surface area contributed by atoms with Crippen molar-refractivity contribution in [2.45, 2.75) is 25.4 Å². The first-order valence-corrected chi connectivity index (χ1v) is 7.11. The summed E-state index contributed by atoms with van der Waals surface area (Å²) in [5.41, 5.74) is 1.20. The molecule has 1 fully saturated rings. The summed E-state index contributed by atoms with van der Waals surface area (Å²) < 4.78 is 10.9. The SMILES string of the molecule is C[NH2+]C1CC[NH+](Cc2c(OC)cccc2OC)CC1. The van der Waals surface area contributed by atoms with Gasteiger partial charge in [-0.15, -0.1) is 0 Å². The van der Waals surface area contributed by atoms with Crippen LogP contribution in [0, 0.1) is 0 Å². The monoisotopic (exact) mass is 266 g/mol. The number of quaternary nitrogens is 2. The number of ether oxygens (including phenoxy) is 2. The number of nitrogens with two attached hydrogens (primary N) is 1. The number of nitrogens with one attached hydrogen (secondary N) is 1. The summed E-state index contributed by atoms with van der Waals surface area (Å²) in [5, 5.41) is 2.35. The lowest BCUT2D eigenvalue weighted by Crippen LogP contribution is -3.13. The van der Waals surface area contributed by atoms with Crippen LogP contribution in [-0.2, 0) is 6.54 Å². The van der Waals surface area contributed by atoms with E-state index >= 15 is 0 Å². The quantitative estimate of drug-likeness (QED) is 0.750. The van der Waals surface area contributed by atoms with Crippen LogP contribution in [0.15, 0.2) is 18.2 Å². The van der Waals surface area contributed by atoms with E-state index in [9.17, 15) is 0 Å². The van der Waals surface area contributed by atoms with Gasteiger partial charge in [-0.1, -0.05) is 6.07 Å². The zero-order valence-electron chi connectivity index (χ0n) is 12.2. The van der Waals surface area contributed by atoms with Gasteiger partial charge in [0, 0.05) is 12.8 Å². The van der Waals surface area contributed by atoms with Gasteiger partial charge in [0.15, 0.2) is 0 Å². The minimum atomic E-state index is 0.809. The highest BCUT2D eigenvalue weighted by Crippen LogP contribution is 2.27. The van der Waals surface area contributed by atoms with Crippen LogP contribution in [0.4, 0.5) is 0 Å². The van der Waals surface area contributed by atoms with Gasteiger partial charge >= 0.3 is 0 Å². The van der Waals surface area contributed by atoms with Gasteiger partial charge in [-0.25, -0.2) is 0 Å². The van der Waals surface area contributed by atoms with E-state index in [1.165, 1.54) is 31.5 Å². The maximum absolute atomic E-state index is 5.47. The summed E-state index contributed by atoms with van der Waals surface area (Å²) in [6.45, 7) is 3.45. The fraction of sp³-hybridized carbons (Fsp3) is 0.600. The lowest BCUT2D eigenvalue weighted by molar-refractivity contribution is -0.925. The van der Waals surface area contributed by atoms with Crippen LogP contribution in [-0.4, -0.2) is 40.4 Å². The van der Waals surface area contributed by atoms with Gasteiger partial charge < -0.3 is 19.7 Å². The predicted molar refractivity (Wildman–Crippen MR) is 74.8 cm³/mol. The Kier molecular flexibility index (Phi) is 5.05. The van der Waals surface area contributed by atoms with Gasteiger partial charge in [-0.05, 0) is 12.1 Å². The summed E-state index contributed by atoms with van der Waals surface area (Å²) in [6, 6.07) is 6.83. The van der Waals surface area contributed by atoms with E-state index in [1.807, 2.05) is 18.2 Å². The van der Waals surface area contributed by atoms with Gasteiger partial charge in [0.05, 0.1) is 46.0 Å². The molecule has 1 heterocycles. The Morgan fingerprint density at radius 3 is 2.21 bits per heavy atom. The third-order valence-corrected chi connectivity index (χ3v) is 4.17. The predicted octanol–water partition coefficient (Wildman–Crippen LogP) is -0.556. The third-order valence-electron chi connectivity index (χ3n) is 4.17. The number of likely N-dealkylation sites (tertiary alicyclic amines) is 1. The minimum absolute atomic E-state index is 0.809. The van der Waals surface area contributed by atoms with Crippen LogP contribution in [0.2, 0.25) is 0 Å². The molecule has 0 aliphatic carbocycles. The van der Waals surface area contributed by atoms with Crippen molar-refractivity contribution >= 4 is 0 Å². The summed E-state index contributed by atoms with van der Waals surface area (Å²) in [5.74, 6) is 1.88. The number of benzene rings is 1. The van der Waals surface area contributed by atoms with E-state index < -0.39 is 0 Å². The molecule has 19 heavy (non-hydrogen) atoms. The second-order valence-corrected chi connectivity index (χ2v) is 5.24. The van der Waals surface area contributed by atoms with Gasteiger partial charge in [0.1, 0.15) is 18.0 Å². The molecule has 1 aliphatic heterocycles. The fourth-order valence-electron chi connectivity index (χ4n) is 2.91. The van der Waals surface area contributed by atoms with Crippen LogP contribution in [0.3, 0.4) is 0 Å². The van der Waals surface area contributed by atoms with Crippen LogP contribution in [0.1, 0.15) is 18.4 Å². The normalized spacial score (nSPS) is 23.1. The van der Waals surface area contributed by atoms with E-state index in [1.54, 1.807) is 19.1 Å². The average Bonchev–Trinajstić information content (AvgIpc) is 2.48. The second kappa shape index (κ2) is 6.78. The molecule has 0 bridgehead atoms. The molecule has 0 unspecified atom stereocenters. The molecule has 1 saturated heterocycles. The van der Waals surface area contributed by atoms with Crippen molar-refractivity contribution in [3.63, 3.8) is 0 Å². The fourth-order valence-corrected chi connectivity index (χ4v) is 2.91. The zero-order chi connectivity index (χ0) is 13.7. The van der Waals surface area contributed by atoms with Crippen molar-refractivity contribution in [3.8, 4) is 11.5 Å². The third kappa shape index (κ3) is 3.39. The Labute approximate surface area is 115 Å². The first kappa shape index (κ1) is 14.2. The number of methoxy groups -OCH3 is 2. The van der Waals surface area contributed by atoms with Crippen molar-refractivity contribution in [1.82, 2.24) is 0 Å². The Bertz CT molecular complexity index is 379. The summed E-state index contributed by atoms with van der Waals surface area (Å²) >= 11 is 0. The van der Waals surface area contributed by atoms with Gasteiger partial charge in [0.2, 0.25) is 0 Å². The Morgan fingerprint density at radius 2 is 1.74 bits per heavy atom. The molecule has 1 aliphatic rings. The largest absolute Gasteiger partial charge is 0.496 e. The van der Waals surface area contributed by atoms with E-state index in [-0.39, 0.29) is 0 Å². The lowest BCUT2D eigenvalue weighted by Gasteiger charge is -2.28. The molecule has 1 aromatic rings. The van der Waals surface area contributed by atoms with Crippen LogP contribution in [0.5, 0.6) is 11.5 Å². The summed E-state index contributed by atoms with van der Waals surface area (Å²) in [6.07, 6.45) is 2.59.